The van der Waals surface area contributed by atoms with E-state index < -0.39 is 0 Å². The Bertz CT molecular complexity index is 872. The summed E-state index contributed by atoms with van der Waals surface area (Å²) in [5, 5.41) is 6.56. The Labute approximate surface area is 153 Å². The first-order valence-corrected chi connectivity index (χ1v) is 9.46. The van der Waals surface area contributed by atoms with E-state index in [1.807, 2.05) is 29.8 Å². The molecule has 0 aliphatic heterocycles. The molecule has 1 N–H and O–H groups in total. The van der Waals surface area contributed by atoms with Gasteiger partial charge in [-0.25, -0.2) is 4.98 Å². The summed E-state index contributed by atoms with van der Waals surface area (Å²) in [7, 11) is 0. The van der Waals surface area contributed by atoms with Gasteiger partial charge in [0.15, 0.2) is 0 Å². The molecule has 3 aromatic heterocycles. The quantitative estimate of drug-likeness (QED) is 0.641. The fraction of sp³-hybridized carbons (Fsp3) is 0.167. The van der Waals surface area contributed by atoms with Crippen molar-refractivity contribution in [3.05, 3.63) is 68.2 Å². The molecule has 25 heavy (non-hydrogen) atoms. The molecule has 3 rings (SSSR count). The lowest BCUT2D eigenvalue weighted by Crippen LogP contribution is -2.23. The number of aromatic nitrogens is 1. The van der Waals surface area contributed by atoms with Crippen molar-refractivity contribution < 1.29 is 14.3 Å². The molecule has 3 heterocycles. The molecule has 7 heteroatoms. The molecule has 0 aromatic carbocycles. The zero-order valence-corrected chi connectivity index (χ0v) is 15.2. The van der Waals surface area contributed by atoms with E-state index in [1.54, 1.807) is 24.4 Å². The predicted molar refractivity (Wildman–Crippen MR) is 98.6 cm³/mol. The first kappa shape index (κ1) is 17.3. The van der Waals surface area contributed by atoms with Crippen molar-refractivity contribution >= 4 is 34.4 Å². The van der Waals surface area contributed by atoms with E-state index in [4.69, 9.17) is 4.74 Å². The van der Waals surface area contributed by atoms with Crippen molar-refractivity contribution in [2.45, 2.75) is 13.5 Å². The Hall–Kier alpha value is -2.51. The monoisotopic (exact) mass is 372 g/mol. The maximum Gasteiger partial charge on any atom is 0.257 e. The highest BCUT2D eigenvalue weighted by atomic mass is 32.1. The van der Waals surface area contributed by atoms with Crippen LogP contribution < -0.4 is 10.1 Å². The molecule has 0 saturated heterocycles. The Kier molecular flexibility index (Phi) is 5.57. The summed E-state index contributed by atoms with van der Waals surface area (Å²) in [6.45, 7) is 2.63. The Morgan fingerprint density at radius 2 is 2.12 bits per heavy atom. The highest BCUT2D eigenvalue weighted by molar-refractivity contribution is 7.14. The summed E-state index contributed by atoms with van der Waals surface area (Å²) in [4.78, 5) is 30.3. The fourth-order valence-corrected chi connectivity index (χ4v) is 3.75. The van der Waals surface area contributed by atoms with Crippen molar-refractivity contribution in [2.24, 2.45) is 0 Å². The van der Waals surface area contributed by atoms with Gasteiger partial charge in [0.1, 0.15) is 5.56 Å². The highest BCUT2D eigenvalue weighted by Gasteiger charge is 2.15. The number of carbonyl (C=O) groups excluding carboxylic acids is 2. The number of amides is 1. The highest BCUT2D eigenvalue weighted by Crippen LogP contribution is 2.21. The first-order chi connectivity index (χ1) is 12.2. The van der Waals surface area contributed by atoms with Crippen molar-refractivity contribution in [2.75, 3.05) is 6.61 Å². The van der Waals surface area contributed by atoms with Crippen LogP contribution in [0.3, 0.4) is 0 Å². The average molecular weight is 372 g/mol. The van der Waals surface area contributed by atoms with Crippen molar-refractivity contribution in [3.63, 3.8) is 0 Å². The first-order valence-electron chi connectivity index (χ1n) is 7.70. The van der Waals surface area contributed by atoms with Gasteiger partial charge in [0, 0.05) is 22.0 Å². The zero-order valence-electron chi connectivity index (χ0n) is 13.5. The Morgan fingerprint density at radius 1 is 1.24 bits per heavy atom. The molecule has 0 unspecified atom stereocenters. The van der Waals surface area contributed by atoms with Crippen LogP contribution in [0.5, 0.6) is 5.88 Å². The van der Waals surface area contributed by atoms with E-state index >= 15 is 0 Å². The lowest BCUT2D eigenvalue weighted by molar-refractivity contribution is 0.0946. The van der Waals surface area contributed by atoms with Gasteiger partial charge >= 0.3 is 0 Å². The summed E-state index contributed by atoms with van der Waals surface area (Å²) < 4.78 is 5.37. The summed E-state index contributed by atoms with van der Waals surface area (Å²) in [5.74, 6) is 0.0763. The molecule has 0 bridgehead atoms. The van der Waals surface area contributed by atoms with E-state index in [2.05, 4.69) is 10.3 Å². The maximum atomic E-state index is 12.3. The van der Waals surface area contributed by atoms with Crippen LogP contribution in [-0.2, 0) is 6.54 Å². The van der Waals surface area contributed by atoms with Crippen molar-refractivity contribution in [1.82, 2.24) is 10.3 Å². The fourth-order valence-electron chi connectivity index (χ4n) is 2.21. The SMILES string of the molecule is CCOc1ncccc1C(=O)NCc1ccc(C(=O)c2ccsc2)s1. The number of rotatable bonds is 7. The Morgan fingerprint density at radius 3 is 2.88 bits per heavy atom. The van der Waals surface area contributed by atoms with E-state index in [-0.39, 0.29) is 11.7 Å². The molecule has 0 spiro atoms. The van der Waals surface area contributed by atoms with Gasteiger partial charge in [-0.15, -0.1) is 11.3 Å². The number of pyridine rings is 1. The van der Waals surface area contributed by atoms with Crippen LogP contribution >= 0.6 is 22.7 Å². The van der Waals surface area contributed by atoms with Gasteiger partial charge in [0.05, 0.1) is 18.0 Å². The van der Waals surface area contributed by atoms with Gasteiger partial charge < -0.3 is 10.1 Å². The summed E-state index contributed by atoms with van der Waals surface area (Å²) in [6.07, 6.45) is 1.59. The van der Waals surface area contributed by atoms with Crippen molar-refractivity contribution in [3.8, 4) is 5.88 Å². The third-order valence-electron chi connectivity index (χ3n) is 3.39. The number of ether oxygens (including phenoxy) is 1. The standard InChI is InChI=1S/C18H16N2O3S2/c1-2-23-18-14(4-3-8-19-18)17(22)20-10-13-5-6-15(25-13)16(21)12-7-9-24-11-12/h3-9,11H,2,10H2,1H3,(H,20,22). The molecule has 5 nitrogen and oxygen atoms in total. The number of thiophene rings is 2. The molecular weight excluding hydrogens is 356 g/mol. The van der Waals surface area contributed by atoms with Gasteiger partial charge in [-0.2, -0.15) is 11.3 Å². The molecule has 0 saturated carbocycles. The minimum Gasteiger partial charge on any atom is -0.477 e. The number of carbonyl (C=O) groups is 2. The number of hydrogen-bond donors (Lipinski definition) is 1. The largest absolute Gasteiger partial charge is 0.477 e. The molecule has 0 fully saturated rings. The zero-order chi connectivity index (χ0) is 17.6. The van der Waals surface area contributed by atoms with Crippen LogP contribution in [0.1, 0.15) is 37.4 Å². The second-order valence-electron chi connectivity index (χ2n) is 5.08. The van der Waals surface area contributed by atoms with Crippen LogP contribution in [-0.4, -0.2) is 23.3 Å². The van der Waals surface area contributed by atoms with Crippen LogP contribution in [0, 0.1) is 0 Å². The molecular formula is C18H16N2O3S2. The number of hydrogen-bond acceptors (Lipinski definition) is 6. The minimum absolute atomic E-state index is 0.00900. The van der Waals surface area contributed by atoms with Crippen LogP contribution in [0.25, 0.3) is 0 Å². The number of nitrogens with one attached hydrogen (secondary N) is 1. The second kappa shape index (κ2) is 8.04. The van der Waals surface area contributed by atoms with Gasteiger partial charge in [0.2, 0.25) is 11.7 Å². The average Bonchev–Trinajstić information content (AvgIpc) is 3.32. The molecule has 0 radical (unpaired) electrons. The summed E-state index contributed by atoms with van der Waals surface area (Å²) in [5.41, 5.74) is 1.09. The van der Waals surface area contributed by atoms with Gasteiger partial charge in [0.25, 0.3) is 5.91 Å². The normalized spacial score (nSPS) is 10.4. The number of nitrogens with zero attached hydrogens (tertiary/aromatic N) is 1. The number of ketones is 1. The summed E-state index contributed by atoms with van der Waals surface area (Å²) in [6, 6.07) is 8.83. The smallest absolute Gasteiger partial charge is 0.257 e. The molecule has 0 atom stereocenters. The third kappa shape index (κ3) is 4.12. The molecule has 0 aliphatic rings. The van der Waals surface area contributed by atoms with E-state index in [0.717, 1.165) is 4.88 Å². The molecule has 3 aromatic rings. The van der Waals surface area contributed by atoms with Crippen molar-refractivity contribution in [1.29, 1.82) is 0 Å². The van der Waals surface area contributed by atoms with Crippen LogP contribution in [0.4, 0.5) is 0 Å². The predicted octanol–water partition coefficient (Wildman–Crippen LogP) is 3.76. The van der Waals surface area contributed by atoms with Crippen LogP contribution in [0.15, 0.2) is 47.3 Å². The van der Waals surface area contributed by atoms with Gasteiger partial charge in [-0.05, 0) is 42.6 Å². The third-order valence-corrected chi connectivity index (χ3v) is 5.16. The second-order valence-corrected chi connectivity index (χ2v) is 7.03. The lowest BCUT2D eigenvalue weighted by Gasteiger charge is -2.08. The lowest BCUT2D eigenvalue weighted by atomic mass is 10.2. The maximum absolute atomic E-state index is 12.3. The van der Waals surface area contributed by atoms with E-state index in [1.165, 1.54) is 22.7 Å². The van der Waals surface area contributed by atoms with E-state index in [0.29, 0.717) is 35.0 Å². The molecule has 128 valence electrons. The molecule has 0 aliphatic carbocycles. The van der Waals surface area contributed by atoms with E-state index in [9.17, 15) is 9.59 Å². The topological polar surface area (TPSA) is 68.3 Å². The van der Waals surface area contributed by atoms with Gasteiger partial charge in [-0.1, -0.05) is 0 Å². The minimum atomic E-state index is -0.254. The van der Waals surface area contributed by atoms with Crippen LogP contribution in [0.2, 0.25) is 0 Å². The Balaban J connectivity index is 1.64. The summed E-state index contributed by atoms with van der Waals surface area (Å²) >= 11 is 2.88. The molecule has 1 amide bonds. The van der Waals surface area contributed by atoms with Gasteiger partial charge in [-0.3, -0.25) is 9.59 Å².